The molecule has 1 saturated heterocycles. The van der Waals surface area contributed by atoms with Crippen molar-refractivity contribution in [2.24, 2.45) is 0 Å². The summed E-state index contributed by atoms with van der Waals surface area (Å²) in [6.45, 7) is 3.29. The Morgan fingerprint density at radius 1 is 1.15 bits per heavy atom. The molecule has 0 saturated carbocycles. The highest BCUT2D eigenvalue weighted by atomic mass is 16.5. The average Bonchev–Trinajstić information content (AvgIpc) is 2.72. The minimum atomic E-state index is -0.0752. The highest BCUT2D eigenvalue weighted by Gasteiger charge is 2.13. The zero-order chi connectivity index (χ0) is 18.2. The summed E-state index contributed by atoms with van der Waals surface area (Å²) >= 11 is 0. The average molecular weight is 354 g/mol. The number of carbonyl (C=O) groups is 1. The lowest BCUT2D eigenvalue weighted by molar-refractivity contribution is 0.0948. The Hall–Kier alpha value is -2.47. The molecule has 0 atom stereocenters. The van der Waals surface area contributed by atoms with Gasteiger partial charge >= 0.3 is 0 Å². The van der Waals surface area contributed by atoms with Gasteiger partial charge in [0.25, 0.3) is 5.91 Å². The Balaban J connectivity index is 1.66. The van der Waals surface area contributed by atoms with E-state index in [2.05, 4.69) is 20.2 Å². The van der Waals surface area contributed by atoms with E-state index in [1.165, 1.54) is 19.3 Å². The molecule has 6 heteroatoms. The zero-order valence-electron chi connectivity index (χ0n) is 15.3. The van der Waals surface area contributed by atoms with E-state index in [9.17, 15) is 4.79 Å². The van der Waals surface area contributed by atoms with Gasteiger partial charge < -0.3 is 15.0 Å². The van der Waals surface area contributed by atoms with Crippen molar-refractivity contribution in [2.45, 2.75) is 25.7 Å². The van der Waals surface area contributed by atoms with Crippen LogP contribution in [0.25, 0.3) is 11.1 Å². The smallest absolute Gasteiger partial charge is 0.251 e. The molecular formula is C20H26N4O2. The first-order valence-electron chi connectivity index (χ1n) is 9.22. The van der Waals surface area contributed by atoms with Gasteiger partial charge in [-0.3, -0.25) is 4.79 Å². The third kappa shape index (κ3) is 4.79. The van der Waals surface area contributed by atoms with E-state index in [1.807, 2.05) is 36.7 Å². The minimum absolute atomic E-state index is 0.0752. The quantitative estimate of drug-likeness (QED) is 0.775. The molecule has 1 aliphatic rings. The SMILES string of the molecule is COCCCNC(=O)c1cccc(-c2cnc(N3CCCCC3)nc2)c1. The number of hydrogen-bond acceptors (Lipinski definition) is 5. The number of methoxy groups -OCH3 is 1. The second kappa shape index (κ2) is 9.29. The fraction of sp³-hybridized carbons (Fsp3) is 0.450. The van der Waals surface area contributed by atoms with Gasteiger partial charge in [-0.25, -0.2) is 9.97 Å². The molecule has 0 spiro atoms. The van der Waals surface area contributed by atoms with Crippen molar-refractivity contribution in [1.29, 1.82) is 0 Å². The maximum atomic E-state index is 12.3. The summed E-state index contributed by atoms with van der Waals surface area (Å²) in [4.78, 5) is 23.5. The molecule has 1 aliphatic heterocycles. The highest BCUT2D eigenvalue weighted by Crippen LogP contribution is 2.21. The van der Waals surface area contributed by atoms with Crippen LogP contribution in [0.3, 0.4) is 0 Å². The number of anilines is 1. The third-order valence-corrected chi connectivity index (χ3v) is 4.55. The molecule has 0 radical (unpaired) electrons. The van der Waals surface area contributed by atoms with E-state index in [-0.39, 0.29) is 5.91 Å². The second-order valence-corrected chi connectivity index (χ2v) is 6.50. The molecule has 3 rings (SSSR count). The maximum absolute atomic E-state index is 12.3. The Labute approximate surface area is 154 Å². The normalized spacial score (nSPS) is 14.3. The molecule has 1 aromatic carbocycles. The summed E-state index contributed by atoms with van der Waals surface area (Å²) < 4.78 is 4.99. The van der Waals surface area contributed by atoms with Crippen molar-refractivity contribution in [3.63, 3.8) is 0 Å². The summed E-state index contributed by atoms with van der Waals surface area (Å²) in [5.41, 5.74) is 2.50. The van der Waals surface area contributed by atoms with E-state index in [4.69, 9.17) is 4.74 Å². The summed E-state index contributed by atoms with van der Waals surface area (Å²) in [5, 5.41) is 2.91. The van der Waals surface area contributed by atoms with E-state index < -0.39 is 0 Å². The molecule has 1 N–H and O–H groups in total. The lowest BCUT2D eigenvalue weighted by Gasteiger charge is -2.26. The first-order chi connectivity index (χ1) is 12.8. The van der Waals surface area contributed by atoms with Gasteiger partial charge in [-0.2, -0.15) is 0 Å². The van der Waals surface area contributed by atoms with Gasteiger partial charge in [0.05, 0.1) is 0 Å². The zero-order valence-corrected chi connectivity index (χ0v) is 15.3. The molecule has 0 unspecified atom stereocenters. The van der Waals surface area contributed by atoms with Crippen molar-refractivity contribution in [3.05, 3.63) is 42.2 Å². The molecule has 26 heavy (non-hydrogen) atoms. The first-order valence-corrected chi connectivity index (χ1v) is 9.22. The van der Waals surface area contributed by atoms with Gasteiger partial charge in [-0.05, 0) is 43.4 Å². The Morgan fingerprint density at radius 3 is 2.65 bits per heavy atom. The van der Waals surface area contributed by atoms with E-state index >= 15 is 0 Å². The molecule has 6 nitrogen and oxygen atoms in total. The van der Waals surface area contributed by atoms with Crippen LogP contribution in [0.2, 0.25) is 0 Å². The second-order valence-electron chi connectivity index (χ2n) is 6.50. The molecule has 1 amide bonds. The minimum Gasteiger partial charge on any atom is -0.385 e. The van der Waals surface area contributed by atoms with Crippen LogP contribution in [-0.2, 0) is 4.74 Å². The number of rotatable bonds is 7. The lowest BCUT2D eigenvalue weighted by Crippen LogP contribution is -2.30. The first kappa shape index (κ1) is 18.3. The Kier molecular flexibility index (Phi) is 6.55. The molecule has 0 bridgehead atoms. The number of hydrogen-bond donors (Lipinski definition) is 1. The van der Waals surface area contributed by atoms with Gasteiger partial charge in [-0.1, -0.05) is 12.1 Å². The van der Waals surface area contributed by atoms with Crippen LogP contribution < -0.4 is 10.2 Å². The van der Waals surface area contributed by atoms with Gasteiger partial charge in [-0.15, -0.1) is 0 Å². The van der Waals surface area contributed by atoms with Crippen molar-refractivity contribution in [1.82, 2.24) is 15.3 Å². The monoisotopic (exact) mass is 354 g/mol. The van der Waals surface area contributed by atoms with Crippen LogP contribution in [-0.4, -0.2) is 49.2 Å². The summed E-state index contributed by atoms with van der Waals surface area (Å²) in [7, 11) is 1.66. The number of nitrogens with zero attached hydrogens (tertiary/aromatic N) is 3. The Bertz CT molecular complexity index is 712. The summed E-state index contributed by atoms with van der Waals surface area (Å²) in [6, 6.07) is 7.56. The fourth-order valence-corrected chi connectivity index (χ4v) is 3.09. The number of ether oxygens (including phenoxy) is 1. The molecule has 1 aromatic heterocycles. The van der Waals surface area contributed by atoms with E-state index in [0.717, 1.165) is 36.6 Å². The largest absolute Gasteiger partial charge is 0.385 e. The number of aromatic nitrogens is 2. The molecule has 0 aliphatic carbocycles. The number of benzene rings is 1. The standard InChI is InChI=1S/C20H26N4O2/c1-26-12-6-9-21-19(25)17-8-5-7-16(13-17)18-14-22-20(23-15-18)24-10-3-2-4-11-24/h5,7-8,13-15H,2-4,6,9-12H2,1H3,(H,21,25). The molecule has 2 heterocycles. The van der Waals surface area contributed by atoms with Crippen LogP contribution in [0.5, 0.6) is 0 Å². The lowest BCUT2D eigenvalue weighted by atomic mass is 10.1. The number of amides is 1. The van der Waals surface area contributed by atoms with Crippen molar-refractivity contribution in [3.8, 4) is 11.1 Å². The van der Waals surface area contributed by atoms with Gasteiger partial charge in [0, 0.05) is 56.9 Å². The van der Waals surface area contributed by atoms with Crippen LogP contribution >= 0.6 is 0 Å². The predicted octanol–water partition coefficient (Wildman–Crippen LogP) is 2.90. The van der Waals surface area contributed by atoms with Crippen LogP contribution in [0.15, 0.2) is 36.7 Å². The molecule has 1 fully saturated rings. The number of carbonyl (C=O) groups excluding carboxylic acids is 1. The summed E-state index contributed by atoms with van der Waals surface area (Å²) in [5.74, 6) is 0.717. The number of nitrogens with one attached hydrogen (secondary N) is 1. The van der Waals surface area contributed by atoms with Crippen LogP contribution in [0.1, 0.15) is 36.0 Å². The fourth-order valence-electron chi connectivity index (χ4n) is 3.09. The molecule has 138 valence electrons. The highest BCUT2D eigenvalue weighted by molar-refractivity contribution is 5.95. The summed E-state index contributed by atoms with van der Waals surface area (Å²) in [6.07, 6.45) is 8.17. The van der Waals surface area contributed by atoms with E-state index in [0.29, 0.717) is 18.7 Å². The molecule has 2 aromatic rings. The van der Waals surface area contributed by atoms with Crippen molar-refractivity contribution in [2.75, 3.05) is 38.3 Å². The van der Waals surface area contributed by atoms with Crippen LogP contribution in [0, 0.1) is 0 Å². The van der Waals surface area contributed by atoms with Gasteiger partial charge in [0.15, 0.2) is 0 Å². The number of piperidine rings is 1. The predicted molar refractivity (Wildman–Crippen MR) is 102 cm³/mol. The topological polar surface area (TPSA) is 67.3 Å². The Morgan fingerprint density at radius 2 is 1.92 bits per heavy atom. The maximum Gasteiger partial charge on any atom is 0.251 e. The van der Waals surface area contributed by atoms with E-state index in [1.54, 1.807) is 7.11 Å². The third-order valence-electron chi connectivity index (χ3n) is 4.55. The van der Waals surface area contributed by atoms with Crippen molar-refractivity contribution < 1.29 is 9.53 Å². The molecular weight excluding hydrogens is 328 g/mol. The van der Waals surface area contributed by atoms with Crippen LogP contribution in [0.4, 0.5) is 5.95 Å². The van der Waals surface area contributed by atoms with Gasteiger partial charge in [0.2, 0.25) is 5.95 Å². The van der Waals surface area contributed by atoms with Gasteiger partial charge in [0.1, 0.15) is 0 Å². The van der Waals surface area contributed by atoms with Crippen molar-refractivity contribution >= 4 is 11.9 Å².